The van der Waals surface area contributed by atoms with Crippen molar-refractivity contribution < 1.29 is 23.0 Å². The van der Waals surface area contributed by atoms with E-state index in [9.17, 15) is 13.6 Å². The zero-order valence-corrected chi connectivity index (χ0v) is 14.6. The van der Waals surface area contributed by atoms with Crippen LogP contribution in [0.2, 0.25) is 0 Å². The van der Waals surface area contributed by atoms with Crippen molar-refractivity contribution >= 4 is 5.97 Å². The molecule has 26 heavy (non-hydrogen) atoms. The van der Waals surface area contributed by atoms with Gasteiger partial charge in [-0.3, -0.25) is 4.98 Å². The predicted molar refractivity (Wildman–Crippen MR) is 89.3 cm³/mol. The van der Waals surface area contributed by atoms with E-state index in [0.717, 1.165) is 23.7 Å². The lowest BCUT2D eigenvalue weighted by atomic mass is 9.93. The van der Waals surface area contributed by atoms with Crippen LogP contribution >= 0.6 is 0 Å². The number of pyridine rings is 1. The highest BCUT2D eigenvalue weighted by molar-refractivity contribution is 5.90. The smallest absolute Gasteiger partial charge is 0.341 e. The number of rotatable bonds is 5. The highest BCUT2D eigenvalue weighted by Gasteiger charge is 2.29. The van der Waals surface area contributed by atoms with Crippen molar-refractivity contribution in [3.63, 3.8) is 0 Å². The molecule has 0 N–H and O–H groups in total. The average molecular weight is 365 g/mol. The third-order valence-electron chi connectivity index (χ3n) is 4.39. The first-order valence-electron chi connectivity index (χ1n) is 8.54. The Morgan fingerprint density at radius 3 is 2.58 bits per heavy atom. The Balaban J connectivity index is 1.74. The quantitative estimate of drug-likeness (QED) is 0.758. The van der Waals surface area contributed by atoms with Crippen molar-refractivity contribution in [2.24, 2.45) is 5.92 Å². The van der Waals surface area contributed by atoms with Gasteiger partial charge in [0.2, 0.25) is 0 Å². The molecule has 2 aromatic rings. The molecule has 1 aliphatic heterocycles. The Bertz CT molecular complexity index is 741. The number of esters is 1. The summed E-state index contributed by atoms with van der Waals surface area (Å²) >= 11 is 0. The van der Waals surface area contributed by atoms with Crippen LogP contribution in [0.1, 0.15) is 49.2 Å². The summed E-state index contributed by atoms with van der Waals surface area (Å²) in [6, 6.07) is 3.08. The minimum Gasteiger partial charge on any atom is -0.462 e. The molecular weight excluding hydrogens is 344 g/mol. The van der Waals surface area contributed by atoms with Gasteiger partial charge in [0.1, 0.15) is 11.3 Å². The minimum atomic E-state index is -2.86. The van der Waals surface area contributed by atoms with E-state index >= 15 is 0 Å². The number of nitrogens with zero attached hydrogens (tertiary/aromatic N) is 3. The molecule has 2 aromatic heterocycles. The standard InChI is InChI=1S/C18H21F2N3O3/c1-11-7-13(8-12(2)26-11)10-25-18(24)15-9-22-23(16(15)17(19)20)14-3-5-21-6-4-14/h3-6,9,11-13,17H,7-8,10H2,1-2H3/t11-,12+,13?. The second-order valence-corrected chi connectivity index (χ2v) is 6.55. The number of ether oxygens (including phenoxy) is 2. The summed E-state index contributed by atoms with van der Waals surface area (Å²) in [5.74, 6) is -0.629. The average Bonchev–Trinajstić information content (AvgIpc) is 3.05. The summed E-state index contributed by atoms with van der Waals surface area (Å²) in [7, 11) is 0. The van der Waals surface area contributed by atoms with Crippen LogP contribution in [-0.4, -0.2) is 39.5 Å². The van der Waals surface area contributed by atoms with Crippen LogP contribution in [0.5, 0.6) is 0 Å². The normalized spacial score (nSPS) is 23.2. The summed E-state index contributed by atoms with van der Waals surface area (Å²) in [4.78, 5) is 16.2. The van der Waals surface area contributed by atoms with Crippen LogP contribution in [0, 0.1) is 5.92 Å². The zero-order valence-electron chi connectivity index (χ0n) is 14.6. The molecule has 0 aromatic carbocycles. The van der Waals surface area contributed by atoms with Crippen LogP contribution < -0.4 is 0 Å². The fraction of sp³-hybridized carbons (Fsp3) is 0.500. The second-order valence-electron chi connectivity index (χ2n) is 6.55. The molecule has 140 valence electrons. The number of aromatic nitrogens is 3. The third kappa shape index (κ3) is 4.07. The Morgan fingerprint density at radius 1 is 1.31 bits per heavy atom. The lowest BCUT2D eigenvalue weighted by Gasteiger charge is -2.31. The molecule has 6 nitrogen and oxygen atoms in total. The van der Waals surface area contributed by atoms with E-state index in [1.54, 1.807) is 12.1 Å². The fourth-order valence-corrected chi connectivity index (χ4v) is 3.37. The van der Waals surface area contributed by atoms with E-state index in [2.05, 4.69) is 10.1 Å². The third-order valence-corrected chi connectivity index (χ3v) is 4.39. The van der Waals surface area contributed by atoms with Gasteiger partial charge in [-0.25, -0.2) is 18.3 Å². The van der Waals surface area contributed by atoms with E-state index in [1.165, 1.54) is 12.4 Å². The van der Waals surface area contributed by atoms with Crippen molar-refractivity contribution in [3.05, 3.63) is 42.0 Å². The highest BCUT2D eigenvalue weighted by atomic mass is 19.3. The summed E-state index contributed by atoms with van der Waals surface area (Å²) in [5.41, 5.74) is -0.290. The fourth-order valence-electron chi connectivity index (χ4n) is 3.37. The molecule has 1 saturated heterocycles. The maximum atomic E-state index is 13.6. The van der Waals surface area contributed by atoms with Gasteiger partial charge >= 0.3 is 5.97 Å². The van der Waals surface area contributed by atoms with Gasteiger partial charge in [-0.1, -0.05) is 0 Å². The molecule has 0 radical (unpaired) electrons. The van der Waals surface area contributed by atoms with Crippen molar-refractivity contribution in [1.82, 2.24) is 14.8 Å². The summed E-state index contributed by atoms with van der Waals surface area (Å²) in [6.45, 7) is 4.12. The molecule has 0 saturated carbocycles. The van der Waals surface area contributed by atoms with Crippen LogP contribution in [0.3, 0.4) is 0 Å². The van der Waals surface area contributed by atoms with Crippen LogP contribution in [0.25, 0.3) is 5.69 Å². The summed E-state index contributed by atoms with van der Waals surface area (Å²) in [6.07, 6.45) is 2.93. The number of halogens is 2. The molecule has 3 heterocycles. The molecule has 1 fully saturated rings. The summed E-state index contributed by atoms with van der Waals surface area (Å²) < 4.78 is 39.1. The van der Waals surface area contributed by atoms with Crippen molar-refractivity contribution in [2.45, 2.75) is 45.3 Å². The Labute approximate surface area is 150 Å². The largest absolute Gasteiger partial charge is 0.462 e. The molecule has 1 unspecified atom stereocenters. The first-order chi connectivity index (χ1) is 12.5. The Morgan fingerprint density at radius 2 is 1.96 bits per heavy atom. The van der Waals surface area contributed by atoms with Crippen molar-refractivity contribution in [3.8, 4) is 5.69 Å². The van der Waals surface area contributed by atoms with E-state index in [1.807, 2.05) is 13.8 Å². The minimum absolute atomic E-state index is 0.0912. The molecule has 8 heteroatoms. The number of hydrogen-bond acceptors (Lipinski definition) is 5. The topological polar surface area (TPSA) is 66.2 Å². The van der Waals surface area contributed by atoms with E-state index in [0.29, 0.717) is 5.69 Å². The first-order valence-corrected chi connectivity index (χ1v) is 8.54. The van der Waals surface area contributed by atoms with Gasteiger partial charge in [0.25, 0.3) is 6.43 Å². The van der Waals surface area contributed by atoms with Crippen molar-refractivity contribution in [2.75, 3.05) is 6.61 Å². The van der Waals surface area contributed by atoms with Gasteiger partial charge < -0.3 is 9.47 Å². The van der Waals surface area contributed by atoms with Crippen LogP contribution in [0.15, 0.2) is 30.7 Å². The van der Waals surface area contributed by atoms with Crippen molar-refractivity contribution in [1.29, 1.82) is 0 Å². The van der Waals surface area contributed by atoms with Gasteiger partial charge in [0.15, 0.2) is 0 Å². The number of alkyl halides is 2. The highest BCUT2D eigenvalue weighted by Crippen LogP contribution is 2.28. The molecular formula is C18H21F2N3O3. The molecule has 1 aliphatic rings. The Kier molecular flexibility index (Phi) is 5.61. The molecule has 0 spiro atoms. The van der Waals surface area contributed by atoms with E-state index in [-0.39, 0.29) is 30.3 Å². The van der Waals surface area contributed by atoms with Gasteiger partial charge in [0, 0.05) is 12.4 Å². The first kappa shape index (κ1) is 18.4. The second kappa shape index (κ2) is 7.90. The Hall–Kier alpha value is -2.35. The zero-order chi connectivity index (χ0) is 18.7. The maximum absolute atomic E-state index is 13.6. The van der Waals surface area contributed by atoms with Crippen LogP contribution in [-0.2, 0) is 9.47 Å². The molecule has 0 amide bonds. The van der Waals surface area contributed by atoms with E-state index in [4.69, 9.17) is 9.47 Å². The number of carbonyl (C=O) groups is 1. The SMILES string of the molecule is C[C@@H]1CC(COC(=O)c2cnn(-c3ccncc3)c2C(F)F)C[C@H](C)O1. The number of carbonyl (C=O) groups excluding carboxylic acids is 1. The maximum Gasteiger partial charge on any atom is 0.341 e. The molecule has 3 rings (SSSR count). The molecule has 0 aliphatic carbocycles. The van der Waals surface area contributed by atoms with E-state index < -0.39 is 18.1 Å². The molecule has 0 bridgehead atoms. The van der Waals surface area contributed by atoms with Gasteiger partial charge in [-0.15, -0.1) is 0 Å². The monoisotopic (exact) mass is 365 g/mol. The number of hydrogen-bond donors (Lipinski definition) is 0. The lowest BCUT2D eigenvalue weighted by molar-refractivity contribution is -0.0639. The van der Waals surface area contributed by atoms with Gasteiger partial charge in [0.05, 0.1) is 30.7 Å². The van der Waals surface area contributed by atoms with Gasteiger partial charge in [-0.05, 0) is 44.7 Å². The van der Waals surface area contributed by atoms with Crippen LogP contribution in [0.4, 0.5) is 8.78 Å². The lowest BCUT2D eigenvalue weighted by Crippen LogP contribution is -2.32. The van der Waals surface area contributed by atoms with Gasteiger partial charge in [-0.2, -0.15) is 5.10 Å². The predicted octanol–water partition coefficient (Wildman–Crippen LogP) is 3.57. The molecule has 3 atom stereocenters. The summed E-state index contributed by atoms with van der Waals surface area (Å²) in [5, 5.41) is 3.94.